The number of nitrogens with one attached hydrogen (secondary N) is 1. The van der Waals surface area contributed by atoms with Crippen LogP contribution in [0.25, 0.3) is 22.6 Å². The largest absolute Gasteiger partial charge is 0.266 e. The Labute approximate surface area is 218 Å². The van der Waals surface area contributed by atoms with Crippen molar-refractivity contribution in [3.05, 3.63) is 83.4 Å². The molecule has 0 unspecified atom stereocenters. The van der Waals surface area contributed by atoms with Crippen molar-refractivity contribution in [1.82, 2.24) is 25.1 Å². The van der Waals surface area contributed by atoms with E-state index in [1.165, 1.54) is 30.6 Å². The van der Waals surface area contributed by atoms with Crippen LogP contribution in [-0.2, 0) is 15.4 Å². The maximum atomic E-state index is 14.5. The third-order valence-electron chi connectivity index (χ3n) is 7.99. The van der Waals surface area contributed by atoms with Gasteiger partial charge in [0.2, 0.25) is 10.0 Å². The van der Waals surface area contributed by atoms with E-state index in [0.29, 0.717) is 11.4 Å². The normalized spacial score (nSPS) is 21.3. The molecule has 3 heterocycles. The van der Waals surface area contributed by atoms with Gasteiger partial charge < -0.3 is 0 Å². The van der Waals surface area contributed by atoms with Crippen molar-refractivity contribution in [3.8, 4) is 22.6 Å². The van der Waals surface area contributed by atoms with Crippen LogP contribution in [0.3, 0.4) is 0 Å². The Morgan fingerprint density at radius 3 is 2.37 bits per heavy atom. The fourth-order valence-electron chi connectivity index (χ4n) is 6.27. The van der Waals surface area contributed by atoms with E-state index < -0.39 is 27.1 Å². The van der Waals surface area contributed by atoms with Crippen molar-refractivity contribution in [2.45, 2.75) is 38.0 Å². The van der Waals surface area contributed by atoms with Gasteiger partial charge in [-0.3, -0.25) is 9.71 Å². The van der Waals surface area contributed by atoms with Crippen molar-refractivity contribution >= 4 is 15.8 Å². The number of nitrogens with zero attached hydrogens (tertiary/aromatic N) is 5. The fourth-order valence-corrected chi connectivity index (χ4v) is 6.76. The molecule has 1 N–H and O–H groups in total. The van der Waals surface area contributed by atoms with Gasteiger partial charge >= 0.3 is 0 Å². The molecule has 0 amide bonds. The number of benzene rings is 1. The summed E-state index contributed by atoms with van der Waals surface area (Å²) >= 11 is 0. The van der Waals surface area contributed by atoms with Crippen molar-refractivity contribution < 1.29 is 17.2 Å². The zero-order valence-corrected chi connectivity index (χ0v) is 21.7. The zero-order valence-electron chi connectivity index (χ0n) is 20.9. The maximum Gasteiger partial charge on any atom is 0.231 e. The lowest BCUT2D eigenvalue weighted by Crippen LogP contribution is -2.37. The standard InChI is InChI=1S/C27H24F2N6O2S/c1-26(2)16-10-11-27(26,25-15(16)12-20(33-34-25)24-17(28)6-4-7-18(24)29)22-9-5-8-19(32-22)21-13-31-23(14-30-21)35-38(3,36)37/h4-9,12-14,16H,10-11H2,1-3H3,(H,31,35)/t16-,27-/m0/s1. The van der Waals surface area contributed by atoms with Gasteiger partial charge in [-0.25, -0.2) is 27.2 Å². The minimum atomic E-state index is -3.47. The van der Waals surface area contributed by atoms with Crippen LogP contribution < -0.4 is 4.72 Å². The lowest BCUT2D eigenvalue weighted by atomic mass is 9.66. The summed E-state index contributed by atoms with van der Waals surface area (Å²) < 4.78 is 54.3. The molecular weight excluding hydrogens is 510 g/mol. The predicted molar refractivity (Wildman–Crippen MR) is 138 cm³/mol. The Bertz CT molecular complexity index is 1670. The minimum Gasteiger partial charge on any atom is -0.266 e. The number of pyridine rings is 1. The van der Waals surface area contributed by atoms with Gasteiger partial charge in [0.1, 0.15) is 17.3 Å². The Morgan fingerprint density at radius 1 is 0.947 bits per heavy atom. The minimum absolute atomic E-state index is 0.118. The molecule has 0 spiro atoms. The third kappa shape index (κ3) is 3.59. The Morgan fingerprint density at radius 2 is 1.68 bits per heavy atom. The molecule has 0 saturated heterocycles. The number of rotatable bonds is 5. The molecule has 4 aromatic rings. The summed E-state index contributed by atoms with van der Waals surface area (Å²) in [5.41, 5.74) is 2.78. The number of hydrogen-bond acceptors (Lipinski definition) is 7. The monoisotopic (exact) mass is 534 g/mol. The van der Waals surface area contributed by atoms with Crippen LogP contribution in [0, 0.1) is 17.0 Å². The Kier molecular flexibility index (Phi) is 5.36. The molecule has 1 saturated carbocycles. The molecule has 8 nitrogen and oxygen atoms in total. The van der Waals surface area contributed by atoms with Gasteiger partial charge in [-0.15, -0.1) is 5.10 Å². The molecule has 2 atom stereocenters. The molecule has 0 aliphatic heterocycles. The summed E-state index contributed by atoms with van der Waals surface area (Å²) in [7, 11) is -3.47. The molecule has 38 heavy (non-hydrogen) atoms. The van der Waals surface area contributed by atoms with Crippen molar-refractivity contribution in [2.24, 2.45) is 5.41 Å². The second kappa shape index (κ2) is 8.32. The molecule has 3 aromatic heterocycles. The van der Waals surface area contributed by atoms with Gasteiger partial charge in [-0.2, -0.15) is 5.10 Å². The molecule has 1 fully saturated rings. The van der Waals surface area contributed by atoms with E-state index >= 15 is 0 Å². The van der Waals surface area contributed by atoms with Crippen LogP contribution in [-0.4, -0.2) is 39.8 Å². The fraction of sp³-hybridized carbons (Fsp3) is 0.296. The Hall–Kier alpha value is -3.86. The summed E-state index contributed by atoms with van der Waals surface area (Å²) in [4.78, 5) is 13.5. The molecule has 6 rings (SSSR count). The van der Waals surface area contributed by atoms with Crippen molar-refractivity contribution in [2.75, 3.05) is 11.0 Å². The van der Waals surface area contributed by atoms with Crippen LogP contribution in [0.4, 0.5) is 14.6 Å². The van der Waals surface area contributed by atoms with E-state index in [9.17, 15) is 17.2 Å². The smallest absolute Gasteiger partial charge is 0.231 e. The topological polar surface area (TPSA) is 111 Å². The van der Waals surface area contributed by atoms with E-state index in [-0.39, 0.29) is 28.4 Å². The first-order valence-electron chi connectivity index (χ1n) is 12.1. The highest BCUT2D eigenvalue weighted by atomic mass is 32.2. The van der Waals surface area contributed by atoms with Gasteiger partial charge in [0.15, 0.2) is 5.82 Å². The van der Waals surface area contributed by atoms with E-state index in [0.717, 1.165) is 36.0 Å². The van der Waals surface area contributed by atoms with Crippen LogP contribution >= 0.6 is 0 Å². The number of sulfonamides is 1. The molecular formula is C27H24F2N6O2S. The zero-order chi connectivity index (χ0) is 26.9. The summed E-state index contributed by atoms with van der Waals surface area (Å²) in [6.07, 6.45) is 5.54. The molecule has 2 bridgehead atoms. The molecule has 194 valence electrons. The highest BCUT2D eigenvalue weighted by Crippen LogP contribution is 2.69. The molecule has 2 aliphatic rings. The number of hydrogen-bond donors (Lipinski definition) is 1. The average molecular weight is 535 g/mol. The third-order valence-corrected chi connectivity index (χ3v) is 8.57. The van der Waals surface area contributed by atoms with Gasteiger partial charge in [-0.05, 0) is 60.1 Å². The second-order valence-corrected chi connectivity index (χ2v) is 12.2. The van der Waals surface area contributed by atoms with Crippen LogP contribution in [0.1, 0.15) is 49.6 Å². The Balaban J connectivity index is 1.43. The SMILES string of the molecule is CC1(C)[C@H]2CC[C@]1(c1cccc(-c3cnc(NS(C)(=O)=O)cn3)n1)c1nnc(-c3c(F)cccc3F)cc12. The molecule has 0 radical (unpaired) electrons. The first-order chi connectivity index (χ1) is 18.0. The van der Waals surface area contributed by atoms with E-state index in [2.05, 4.69) is 38.7 Å². The van der Waals surface area contributed by atoms with E-state index in [1.807, 2.05) is 18.2 Å². The van der Waals surface area contributed by atoms with E-state index in [4.69, 9.17) is 4.98 Å². The number of halogens is 2. The van der Waals surface area contributed by atoms with Crippen LogP contribution in [0.15, 0.2) is 54.9 Å². The predicted octanol–water partition coefficient (Wildman–Crippen LogP) is 4.85. The summed E-state index contributed by atoms with van der Waals surface area (Å²) in [5.74, 6) is -1.12. The summed E-state index contributed by atoms with van der Waals surface area (Å²) in [6, 6.07) is 11.2. The molecule has 1 aromatic carbocycles. The average Bonchev–Trinajstić information content (AvgIpc) is 3.24. The molecule has 2 aliphatic carbocycles. The van der Waals surface area contributed by atoms with Gasteiger partial charge in [0.25, 0.3) is 0 Å². The summed E-state index contributed by atoms with van der Waals surface area (Å²) in [5, 5.41) is 8.86. The molecule has 11 heteroatoms. The number of fused-ring (bicyclic) bond motifs is 5. The quantitative estimate of drug-likeness (QED) is 0.390. The van der Waals surface area contributed by atoms with Gasteiger partial charge in [0.05, 0.1) is 52.4 Å². The first-order valence-corrected chi connectivity index (χ1v) is 14.0. The maximum absolute atomic E-state index is 14.5. The van der Waals surface area contributed by atoms with Gasteiger partial charge in [0, 0.05) is 0 Å². The van der Waals surface area contributed by atoms with Crippen molar-refractivity contribution in [3.63, 3.8) is 0 Å². The highest BCUT2D eigenvalue weighted by molar-refractivity contribution is 7.92. The van der Waals surface area contributed by atoms with Gasteiger partial charge in [-0.1, -0.05) is 26.0 Å². The van der Waals surface area contributed by atoms with Crippen LogP contribution in [0.2, 0.25) is 0 Å². The number of aromatic nitrogens is 5. The highest BCUT2D eigenvalue weighted by Gasteiger charge is 2.65. The summed E-state index contributed by atoms with van der Waals surface area (Å²) in [6.45, 7) is 4.35. The first kappa shape index (κ1) is 24.5. The van der Waals surface area contributed by atoms with Crippen LogP contribution in [0.5, 0.6) is 0 Å². The lowest BCUT2D eigenvalue weighted by molar-refractivity contribution is 0.243. The lowest BCUT2D eigenvalue weighted by Gasteiger charge is -2.37. The number of anilines is 1. The second-order valence-electron chi connectivity index (χ2n) is 10.4. The van der Waals surface area contributed by atoms with E-state index in [1.54, 1.807) is 6.07 Å². The van der Waals surface area contributed by atoms with Crippen molar-refractivity contribution in [1.29, 1.82) is 0 Å².